The van der Waals surface area contributed by atoms with Gasteiger partial charge in [-0.15, -0.1) is 0 Å². The lowest BCUT2D eigenvalue weighted by Crippen LogP contribution is -2.21. The number of benzene rings is 2. The lowest BCUT2D eigenvalue weighted by atomic mass is 10.1. The van der Waals surface area contributed by atoms with Crippen LogP contribution < -0.4 is 10.6 Å². The Bertz CT molecular complexity index is 1130. The summed E-state index contributed by atoms with van der Waals surface area (Å²) in [6.07, 6.45) is 0.911. The predicted octanol–water partition coefficient (Wildman–Crippen LogP) is 5.16. The maximum absolute atomic E-state index is 12.2. The number of rotatable bonds is 7. The number of hydrogen-bond acceptors (Lipinski definition) is 7. The third kappa shape index (κ3) is 4.60. The van der Waals surface area contributed by atoms with Gasteiger partial charge in [0.05, 0.1) is 15.9 Å². The average Bonchev–Trinajstić information content (AvgIpc) is 3.31. The van der Waals surface area contributed by atoms with Gasteiger partial charge in [-0.1, -0.05) is 46.9 Å². The third-order valence-electron chi connectivity index (χ3n) is 4.59. The number of para-hydroxylation sites is 1. The molecule has 0 spiro atoms. The summed E-state index contributed by atoms with van der Waals surface area (Å²) < 4.78 is 1.20. The molecule has 154 valence electrons. The molecule has 4 rings (SSSR count). The van der Waals surface area contributed by atoms with Crippen LogP contribution in [0.3, 0.4) is 0 Å². The number of anilines is 3. The summed E-state index contributed by atoms with van der Waals surface area (Å²) in [5.74, 6) is -0.0194. The minimum atomic E-state index is -0.0194. The second-order valence-electron chi connectivity index (χ2n) is 7.12. The van der Waals surface area contributed by atoms with E-state index >= 15 is 0 Å². The van der Waals surface area contributed by atoms with Crippen LogP contribution in [0.1, 0.15) is 20.9 Å². The molecule has 0 aliphatic heterocycles. The van der Waals surface area contributed by atoms with Crippen molar-refractivity contribution < 1.29 is 4.79 Å². The molecule has 2 heterocycles. The van der Waals surface area contributed by atoms with Crippen molar-refractivity contribution in [1.82, 2.24) is 14.9 Å². The van der Waals surface area contributed by atoms with Gasteiger partial charge in [-0.3, -0.25) is 4.79 Å². The van der Waals surface area contributed by atoms with Gasteiger partial charge in [-0.2, -0.15) is 0 Å². The van der Waals surface area contributed by atoms with Crippen molar-refractivity contribution in [1.29, 1.82) is 0 Å². The Morgan fingerprint density at radius 3 is 2.50 bits per heavy atom. The van der Waals surface area contributed by atoms with Gasteiger partial charge < -0.3 is 15.5 Å². The fraction of sp³-hybridized carbons (Fsp3) is 0.227. The topological polar surface area (TPSA) is 70.1 Å². The van der Waals surface area contributed by atoms with Gasteiger partial charge in [-0.25, -0.2) is 9.97 Å². The zero-order valence-electron chi connectivity index (χ0n) is 17.1. The van der Waals surface area contributed by atoms with E-state index < -0.39 is 0 Å². The first-order chi connectivity index (χ1) is 14.5. The predicted molar refractivity (Wildman–Crippen MR) is 126 cm³/mol. The Labute approximate surface area is 183 Å². The maximum Gasteiger partial charge on any atom is 0.265 e. The first kappa shape index (κ1) is 20.3. The minimum Gasteiger partial charge on any atom is -0.361 e. The van der Waals surface area contributed by atoms with Crippen molar-refractivity contribution in [2.75, 3.05) is 31.3 Å². The smallest absolute Gasteiger partial charge is 0.265 e. The lowest BCUT2D eigenvalue weighted by molar-refractivity contribution is 0.0831. The molecule has 0 bridgehead atoms. The summed E-state index contributed by atoms with van der Waals surface area (Å²) in [7, 11) is 3.50. The summed E-state index contributed by atoms with van der Waals surface area (Å²) in [5, 5.41) is 8.39. The van der Waals surface area contributed by atoms with Crippen molar-refractivity contribution >= 4 is 54.7 Å². The zero-order valence-corrected chi connectivity index (χ0v) is 18.7. The molecule has 0 unspecified atom stereocenters. The molecule has 0 atom stereocenters. The molecule has 1 amide bonds. The van der Waals surface area contributed by atoms with Crippen LogP contribution in [0.2, 0.25) is 0 Å². The fourth-order valence-corrected chi connectivity index (χ4v) is 4.89. The van der Waals surface area contributed by atoms with Gasteiger partial charge in [-0.05, 0) is 43.2 Å². The van der Waals surface area contributed by atoms with Gasteiger partial charge in [0.25, 0.3) is 5.91 Å². The molecule has 0 aliphatic rings. The van der Waals surface area contributed by atoms with E-state index in [2.05, 4.69) is 38.8 Å². The van der Waals surface area contributed by atoms with Crippen molar-refractivity contribution in [3.05, 3.63) is 64.7 Å². The number of thiazole rings is 2. The molecule has 2 aromatic heterocycles. The normalized spacial score (nSPS) is 10.9. The first-order valence-corrected chi connectivity index (χ1v) is 11.3. The molecule has 6 nitrogen and oxygen atoms in total. The highest BCUT2D eigenvalue weighted by Crippen LogP contribution is 2.27. The zero-order chi connectivity index (χ0) is 21.1. The molecule has 0 saturated heterocycles. The number of amides is 1. The van der Waals surface area contributed by atoms with Gasteiger partial charge in [0, 0.05) is 26.3 Å². The maximum atomic E-state index is 12.2. The molecule has 2 N–H and O–H groups in total. The van der Waals surface area contributed by atoms with Crippen LogP contribution in [0, 0.1) is 6.92 Å². The van der Waals surface area contributed by atoms with Crippen LogP contribution in [0.15, 0.2) is 48.5 Å². The molecule has 2 aromatic carbocycles. The molecule has 30 heavy (non-hydrogen) atoms. The molecular formula is C22H23N5OS2. The largest absolute Gasteiger partial charge is 0.361 e. The number of carbonyl (C=O) groups is 1. The number of nitrogens with one attached hydrogen (secondary N) is 2. The first-order valence-electron chi connectivity index (χ1n) is 9.64. The quantitative estimate of drug-likeness (QED) is 0.418. The van der Waals surface area contributed by atoms with E-state index in [9.17, 15) is 4.79 Å². The summed E-state index contributed by atoms with van der Waals surface area (Å²) in [6.45, 7) is 2.69. The average molecular weight is 438 g/mol. The number of fused-ring (bicyclic) bond motifs is 1. The van der Waals surface area contributed by atoms with E-state index in [1.165, 1.54) is 21.6 Å². The Hall–Kier alpha value is -2.97. The summed E-state index contributed by atoms with van der Waals surface area (Å²) in [6, 6.07) is 16.5. The van der Waals surface area contributed by atoms with Gasteiger partial charge in [0.15, 0.2) is 10.3 Å². The molecule has 4 aromatic rings. The third-order valence-corrected chi connectivity index (χ3v) is 6.64. The van der Waals surface area contributed by atoms with Crippen LogP contribution >= 0.6 is 22.7 Å². The molecule has 0 fully saturated rings. The van der Waals surface area contributed by atoms with Crippen molar-refractivity contribution in [3.8, 4) is 0 Å². The number of hydrogen-bond donors (Lipinski definition) is 2. The van der Waals surface area contributed by atoms with Crippen molar-refractivity contribution in [2.24, 2.45) is 0 Å². The van der Waals surface area contributed by atoms with Crippen LogP contribution in [0.25, 0.3) is 10.2 Å². The van der Waals surface area contributed by atoms with Gasteiger partial charge in [0.2, 0.25) is 0 Å². The lowest BCUT2D eigenvalue weighted by Gasteiger charge is -2.08. The molecule has 0 radical (unpaired) electrons. The highest BCUT2D eigenvalue weighted by Gasteiger charge is 2.16. The van der Waals surface area contributed by atoms with Crippen molar-refractivity contribution in [2.45, 2.75) is 13.3 Å². The number of nitrogens with zero attached hydrogens (tertiary/aromatic N) is 3. The molecule has 0 aliphatic carbocycles. The van der Waals surface area contributed by atoms with E-state index in [0.29, 0.717) is 4.88 Å². The number of aryl methyl sites for hydroxylation is 1. The molecule has 8 heteroatoms. The summed E-state index contributed by atoms with van der Waals surface area (Å²) in [5.41, 5.74) is 3.98. The van der Waals surface area contributed by atoms with Gasteiger partial charge >= 0.3 is 0 Å². The van der Waals surface area contributed by atoms with E-state index in [0.717, 1.165) is 40.1 Å². The Morgan fingerprint density at radius 1 is 1.00 bits per heavy atom. The Morgan fingerprint density at radius 2 is 1.77 bits per heavy atom. The second kappa shape index (κ2) is 8.81. The number of carbonyl (C=O) groups excluding carboxylic acids is 1. The SMILES string of the molecule is Cc1nc(Nc2ccc(CCNc3nc4ccccc4s3)cc2)sc1C(=O)N(C)C. The van der Waals surface area contributed by atoms with Gasteiger partial charge in [0.1, 0.15) is 4.88 Å². The summed E-state index contributed by atoms with van der Waals surface area (Å²) in [4.78, 5) is 23.5. The van der Waals surface area contributed by atoms with Crippen LogP contribution in [-0.4, -0.2) is 41.4 Å². The Kier molecular flexibility index (Phi) is 5.96. The second-order valence-corrected chi connectivity index (χ2v) is 9.15. The monoisotopic (exact) mass is 437 g/mol. The Balaban J connectivity index is 1.33. The van der Waals surface area contributed by atoms with Crippen LogP contribution in [0.5, 0.6) is 0 Å². The van der Waals surface area contributed by atoms with Crippen LogP contribution in [-0.2, 0) is 6.42 Å². The van der Waals surface area contributed by atoms with Crippen molar-refractivity contribution in [3.63, 3.8) is 0 Å². The molecular weight excluding hydrogens is 414 g/mol. The van der Waals surface area contributed by atoms with E-state index in [-0.39, 0.29) is 5.91 Å². The van der Waals surface area contributed by atoms with E-state index in [1.807, 2.05) is 37.3 Å². The number of aromatic nitrogens is 2. The minimum absolute atomic E-state index is 0.0194. The summed E-state index contributed by atoms with van der Waals surface area (Å²) >= 11 is 3.06. The van der Waals surface area contributed by atoms with E-state index in [1.54, 1.807) is 30.3 Å². The van der Waals surface area contributed by atoms with E-state index in [4.69, 9.17) is 0 Å². The highest BCUT2D eigenvalue weighted by molar-refractivity contribution is 7.22. The molecule has 0 saturated carbocycles. The fourth-order valence-electron chi connectivity index (χ4n) is 2.99. The standard InChI is InChI=1S/C22H23N5OS2/c1-14-19(20(28)27(2)3)30-22(24-14)25-16-10-8-15(9-11-16)12-13-23-21-26-17-6-4-5-7-18(17)29-21/h4-11H,12-13H2,1-3H3,(H,23,26)(H,24,25). The highest BCUT2D eigenvalue weighted by atomic mass is 32.1. The van der Waals surface area contributed by atoms with Crippen LogP contribution in [0.4, 0.5) is 16.0 Å².